The van der Waals surface area contributed by atoms with Gasteiger partial charge in [0.05, 0.1) is 22.8 Å². The Balaban J connectivity index is 0.000000116. The Morgan fingerprint density at radius 2 is 0.324 bits per heavy atom. The van der Waals surface area contributed by atoms with Gasteiger partial charge in [-0.05, 0) is 258 Å². The summed E-state index contributed by atoms with van der Waals surface area (Å²) in [6.45, 7) is 0. The highest BCUT2D eigenvalue weighted by atomic mass is 15.2. The highest BCUT2D eigenvalue weighted by Crippen LogP contribution is 2.48. The van der Waals surface area contributed by atoms with E-state index in [0.717, 1.165) is 102 Å². The summed E-state index contributed by atoms with van der Waals surface area (Å²) in [7, 11) is 0. The van der Waals surface area contributed by atoms with Gasteiger partial charge in [-0.1, -0.05) is 449 Å². The predicted molar refractivity (Wildman–Crippen MR) is 623 cm³/mol. The van der Waals surface area contributed by atoms with E-state index in [4.69, 9.17) is 0 Å². The molecule has 21 aromatic carbocycles. The minimum absolute atomic E-state index is 0.958. The highest BCUT2D eigenvalue weighted by molar-refractivity contribution is 5.93. The van der Waals surface area contributed by atoms with Gasteiger partial charge in [0.15, 0.2) is 0 Å². The molecule has 3 aromatic heterocycles. The van der Waals surface area contributed by atoms with Crippen molar-refractivity contribution in [2.45, 2.75) is 0 Å². The summed E-state index contributed by atoms with van der Waals surface area (Å²) >= 11 is 0. The topological polar surface area (TPSA) is 51.6 Å². The second kappa shape index (κ2) is 46.8. The maximum Gasteiger partial charge on any atom is 0.0702 e. The van der Waals surface area contributed by atoms with Crippen LogP contribution in [0.2, 0.25) is 0 Å². The number of anilines is 12. The lowest BCUT2D eigenvalue weighted by atomic mass is 10.0. The molecule has 0 atom stereocenters. The van der Waals surface area contributed by atoms with Gasteiger partial charge in [-0.2, -0.15) is 0 Å². The van der Waals surface area contributed by atoms with Gasteiger partial charge in [-0.25, -0.2) is 0 Å². The minimum Gasteiger partial charge on any atom is -0.310 e. The molecule has 24 rings (SSSR count). The van der Waals surface area contributed by atoms with Crippen LogP contribution in [0.15, 0.2) is 637 Å². The monoisotopic (exact) mass is 1900 g/mol. The van der Waals surface area contributed by atoms with Crippen LogP contribution in [0.4, 0.5) is 68.2 Å². The SMILES string of the molecule is c1ccc(-c2ccc(N(c3ccc(-c4ccccc4)cc3)c3cccc(-c4ccccc4)c3)cc2)cc1.c1ccc(-c2ccc(N(c3cccc(-c4ccccc4)c3)c3cccc(-c4ccccc4)c3)cc2)cc1.c1ccc(-c2ccc(N(c3cccc(-c4ccccn4)c3)c3ccccc3-c3ccccc3)cc2)cc1.c1ccc(-c2ccccc2N(c2ccc(-c3ccccn3)cc2)c2cccc(-c3cccnc3)c2)cc1. The second-order valence-electron chi connectivity index (χ2n) is 35.8. The van der Waals surface area contributed by atoms with Crippen molar-refractivity contribution in [2.75, 3.05) is 19.6 Å². The van der Waals surface area contributed by atoms with Gasteiger partial charge < -0.3 is 19.6 Å². The van der Waals surface area contributed by atoms with Crippen LogP contribution in [-0.2, 0) is 0 Å². The third-order valence-corrected chi connectivity index (χ3v) is 26.3. The lowest BCUT2D eigenvalue weighted by Gasteiger charge is -2.28. The van der Waals surface area contributed by atoms with Gasteiger partial charge in [0.1, 0.15) is 0 Å². The molecule has 0 N–H and O–H groups in total. The van der Waals surface area contributed by atoms with E-state index in [0.29, 0.717) is 0 Å². The molecule has 0 fully saturated rings. The molecule has 0 saturated carbocycles. The molecule has 0 aliphatic heterocycles. The van der Waals surface area contributed by atoms with Gasteiger partial charge in [-0.3, -0.25) is 15.0 Å². The van der Waals surface area contributed by atoms with Gasteiger partial charge in [0.2, 0.25) is 0 Å². The third-order valence-electron chi connectivity index (χ3n) is 26.3. The molecule has 0 spiro atoms. The summed E-state index contributed by atoms with van der Waals surface area (Å²) in [6.07, 6.45) is 7.38. The van der Waals surface area contributed by atoms with Crippen molar-refractivity contribution in [3.05, 3.63) is 637 Å². The number of para-hydroxylation sites is 2. The Bertz CT molecular complexity index is 7930. The molecule has 3 heterocycles. The van der Waals surface area contributed by atoms with E-state index < -0.39 is 0 Å². The van der Waals surface area contributed by atoms with E-state index in [9.17, 15) is 0 Å². The van der Waals surface area contributed by atoms with E-state index in [1.54, 1.807) is 6.20 Å². The number of hydrogen-bond donors (Lipinski definition) is 0. The quantitative estimate of drug-likeness (QED) is 0.0597. The number of nitrogens with zero attached hydrogens (tertiary/aromatic N) is 7. The average molecular weight is 1900 g/mol. The van der Waals surface area contributed by atoms with E-state index in [-0.39, 0.29) is 0 Å². The molecule has 0 amide bonds. The van der Waals surface area contributed by atoms with Gasteiger partial charge in [-0.15, -0.1) is 0 Å². The van der Waals surface area contributed by atoms with Crippen LogP contribution in [0.1, 0.15) is 0 Å². The number of pyridine rings is 3. The molecule has 0 radical (unpaired) electrons. The first-order valence-electron chi connectivity index (χ1n) is 50.0. The first kappa shape index (κ1) is 94.5. The molecular formula is C141H105N7. The standard InChI is InChI=1S/2C36H27N.C35H26N2.C34H25N3/c1-4-12-28(13-5-1)31-22-24-34(25-23-31)37(35-20-10-18-32(26-35)29-14-6-2-7-15-29)36-21-11-19-33(27-36)30-16-8-3-9-17-30;1-4-11-28(12-5-1)31-19-23-34(24-20-31)37(35-25-21-32(22-26-35)29-13-6-2-7-14-29)36-18-10-17-33(27-36)30-15-8-3-9-16-30;1-3-12-27(13-4-1)28-21-23-31(24-22-28)37(32-17-11-16-30(26-32)34-19-9-10-25-36-34)35-20-8-7-18-33(35)29-14-5-2-6-15-29;1-2-10-26(11-3-1)32-15-4-5-17-34(32)37(30-20-18-27(19-21-30)33-16-6-7-23-36-33)31-14-8-12-28(24-31)29-13-9-22-35-25-29/h2*1-27H;1-26H;1-25H. The summed E-state index contributed by atoms with van der Waals surface area (Å²) in [5, 5.41) is 0. The molecule has 0 saturated heterocycles. The fraction of sp³-hybridized carbons (Fsp3) is 0. The van der Waals surface area contributed by atoms with Crippen LogP contribution in [0, 0.1) is 0 Å². The lowest BCUT2D eigenvalue weighted by Crippen LogP contribution is -2.11. The molecule has 0 aliphatic rings. The summed E-state index contributed by atoms with van der Waals surface area (Å²) in [6, 6.07) is 216. The zero-order valence-electron chi connectivity index (χ0n) is 81.8. The zero-order chi connectivity index (χ0) is 99.5. The Morgan fingerprint density at radius 1 is 0.115 bits per heavy atom. The van der Waals surface area contributed by atoms with Crippen LogP contribution in [0.25, 0.3) is 134 Å². The summed E-state index contributed by atoms with van der Waals surface area (Å²) in [4.78, 5) is 22.8. The smallest absolute Gasteiger partial charge is 0.0702 e. The minimum atomic E-state index is 0.958. The molecule has 148 heavy (non-hydrogen) atoms. The van der Waals surface area contributed by atoms with E-state index in [1.807, 2.05) is 55.0 Å². The number of benzene rings is 21. The molecule has 0 bridgehead atoms. The van der Waals surface area contributed by atoms with Gasteiger partial charge in [0, 0.05) is 109 Å². The Labute approximate surface area is 867 Å². The molecule has 24 aromatic rings. The van der Waals surface area contributed by atoms with E-state index in [2.05, 4.69) is 611 Å². The molecule has 0 unspecified atom stereocenters. The maximum atomic E-state index is 4.59. The van der Waals surface area contributed by atoms with Crippen molar-refractivity contribution in [3.8, 4) is 134 Å². The first-order chi connectivity index (χ1) is 73.4. The Morgan fingerprint density at radius 3 is 0.615 bits per heavy atom. The summed E-state index contributed by atoms with van der Waals surface area (Å²) in [5.41, 5.74) is 41.3. The van der Waals surface area contributed by atoms with Crippen molar-refractivity contribution in [1.29, 1.82) is 0 Å². The number of rotatable bonds is 24. The van der Waals surface area contributed by atoms with E-state index >= 15 is 0 Å². The molecular weight excluding hydrogens is 1790 g/mol. The van der Waals surface area contributed by atoms with Gasteiger partial charge >= 0.3 is 0 Å². The average Bonchev–Trinajstić information content (AvgIpc) is 0.788. The number of hydrogen-bond acceptors (Lipinski definition) is 7. The predicted octanol–water partition coefficient (Wildman–Crippen LogP) is 38.8. The van der Waals surface area contributed by atoms with Crippen molar-refractivity contribution < 1.29 is 0 Å². The zero-order valence-corrected chi connectivity index (χ0v) is 81.8. The Kier molecular flexibility index (Phi) is 29.9. The van der Waals surface area contributed by atoms with Crippen LogP contribution < -0.4 is 19.6 Å². The van der Waals surface area contributed by atoms with Crippen LogP contribution in [-0.4, -0.2) is 15.0 Å². The Hall–Kier alpha value is -19.7. The largest absolute Gasteiger partial charge is 0.310 e. The van der Waals surface area contributed by atoms with Gasteiger partial charge in [0.25, 0.3) is 0 Å². The second-order valence-corrected chi connectivity index (χ2v) is 35.8. The van der Waals surface area contributed by atoms with Crippen LogP contribution in [0.3, 0.4) is 0 Å². The third kappa shape index (κ3) is 22.9. The van der Waals surface area contributed by atoms with E-state index in [1.165, 1.54) is 100 Å². The fourth-order valence-electron chi connectivity index (χ4n) is 18.9. The van der Waals surface area contributed by atoms with Crippen LogP contribution in [0.5, 0.6) is 0 Å². The molecule has 0 aliphatic carbocycles. The molecule has 704 valence electrons. The van der Waals surface area contributed by atoms with Crippen molar-refractivity contribution in [3.63, 3.8) is 0 Å². The van der Waals surface area contributed by atoms with Crippen molar-refractivity contribution in [1.82, 2.24) is 15.0 Å². The summed E-state index contributed by atoms with van der Waals surface area (Å²) in [5.74, 6) is 0. The van der Waals surface area contributed by atoms with Crippen molar-refractivity contribution >= 4 is 68.2 Å². The normalized spacial score (nSPS) is 10.7. The maximum absolute atomic E-state index is 4.59. The van der Waals surface area contributed by atoms with Crippen LogP contribution >= 0.6 is 0 Å². The summed E-state index contributed by atoms with van der Waals surface area (Å²) < 4.78 is 0. The first-order valence-corrected chi connectivity index (χ1v) is 50.0. The molecule has 7 heteroatoms. The van der Waals surface area contributed by atoms with Crippen molar-refractivity contribution in [2.24, 2.45) is 0 Å². The lowest BCUT2D eigenvalue weighted by molar-refractivity contribution is 1.27. The highest BCUT2D eigenvalue weighted by Gasteiger charge is 2.24. The fourth-order valence-corrected chi connectivity index (χ4v) is 18.9. The number of aromatic nitrogens is 3. The molecule has 7 nitrogen and oxygen atoms in total.